The quantitative estimate of drug-likeness (QED) is 0.850. The van der Waals surface area contributed by atoms with Crippen molar-refractivity contribution in [2.75, 3.05) is 25.1 Å². The Labute approximate surface area is 93.5 Å². The minimum Gasteiger partial charge on any atom is -0.388 e. The molecule has 4 nitrogen and oxygen atoms in total. The molecule has 2 unspecified atom stereocenters. The summed E-state index contributed by atoms with van der Waals surface area (Å²) in [5.41, 5.74) is 0. The van der Waals surface area contributed by atoms with Gasteiger partial charge in [0.25, 0.3) is 0 Å². The van der Waals surface area contributed by atoms with E-state index >= 15 is 0 Å². The smallest absolute Gasteiger partial charge is 0.185 e. The van der Waals surface area contributed by atoms with Crippen LogP contribution in [-0.2, 0) is 4.74 Å². The SMILES string of the molecule is COC1CCN(c2ncc(C(C)O)s2)C1. The highest BCUT2D eigenvalue weighted by atomic mass is 32.1. The maximum atomic E-state index is 9.41. The van der Waals surface area contributed by atoms with Gasteiger partial charge in [0.1, 0.15) is 0 Å². The Morgan fingerprint density at radius 3 is 3.07 bits per heavy atom. The summed E-state index contributed by atoms with van der Waals surface area (Å²) in [6, 6.07) is 0. The monoisotopic (exact) mass is 228 g/mol. The highest BCUT2D eigenvalue weighted by molar-refractivity contribution is 7.15. The van der Waals surface area contributed by atoms with E-state index < -0.39 is 6.10 Å². The van der Waals surface area contributed by atoms with Crippen molar-refractivity contribution in [3.8, 4) is 0 Å². The van der Waals surface area contributed by atoms with E-state index in [1.807, 2.05) is 0 Å². The molecule has 1 aromatic heterocycles. The maximum absolute atomic E-state index is 9.41. The second kappa shape index (κ2) is 4.47. The average Bonchev–Trinajstić information content (AvgIpc) is 2.86. The fourth-order valence-electron chi connectivity index (χ4n) is 1.71. The van der Waals surface area contributed by atoms with Crippen molar-refractivity contribution in [2.45, 2.75) is 25.6 Å². The summed E-state index contributed by atoms with van der Waals surface area (Å²) in [7, 11) is 1.75. The molecule has 0 spiro atoms. The second-order valence-electron chi connectivity index (χ2n) is 3.81. The topological polar surface area (TPSA) is 45.6 Å². The van der Waals surface area contributed by atoms with Gasteiger partial charge in [-0.15, -0.1) is 0 Å². The van der Waals surface area contributed by atoms with E-state index in [0.29, 0.717) is 6.10 Å². The number of methoxy groups -OCH3 is 1. The van der Waals surface area contributed by atoms with Crippen LogP contribution in [0, 0.1) is 0 Å². The first-order chi connectivity index (χ1) is 7.20. The largest absolute Gasteiger partial charge is 0.388 e. The van der Waals surface area contributed by atoms with Crippen molar-refractivity contribution < 1.29 is 9.84 Å². The van der Waals surface area contributed by atoms with Crippen molar-refractivity contribution in [3.63, 3.8) is 0 Å². The van der Waals surface area contributed by atoms with Crippen molar-refractivity contribution in [1.29, 1.82) is 0 Å². The van der Waals surface area contributed by atoms with Crippen LogP contribution in [0.2, 0.25) is 0 Å². The lowest BCUT2D eigenvalue weighted by atomic mass is 10.3. The summed E-state index contributed by atoms with van der Waals surface area (Å²) in [5.74, 6) is 0. The Morgan fingerprint density at radius 2 is 2.53 bits per heavy atom. The Balaban J connectivity index is 2.04. The molecule has 84 valence electrons. The number of aliphatic hydroxyl groups is 1. The van der Waals surface area contributed by atoms with Gasteiger partial charge in [-0.3, -0.25) is 0 Å². The van der Waals surface area contributed by atoms with Gasteiger partial charge in [-0.05, 0) is 13.3 Å². The molecule has 1 saturated heterocycles. The number of aromatic nitrogens is 1. The fourth-order valence-corrected chi connectivity index (χ4v) is 2.60. The molecule has 1 N–H and O–H groups in total. The molecule has 0 aromatic carbocycles. The van der Waals surface area contributed by atoms with Gasteiger partial charge in [-0.2, -0.15) is 0 Å². The Hall–Kier alpha value is -0.650. The second-order valence-corrected chi connectivity index (χ2v) is 4.85. The first-order valence-corrected chi connectivity index (χ1v) is 5.94. The highest BCUT2D eigenvalue weighted by Crippen LogP contribution is 2.29. The van der Waals surface area contributed by atoms with Crippen LogP contribution in [0.1, 0.15) is 24.3 Å². The number of ether oxygens (including phenoxy) is 1. The third kappa shape index (κ3) is 2.30. The standard InChI is InChI=1S/C10H16N2O2S/c1-7(13)9-5-11-10(15-9)12-4-3-8(6-12)14-2/h5,7-8,13H,3-4,6H2,1-2H3. The first-order valence-electron chi connectivity index (χ1n) is 5.12. The minimum atomic E-state index is -0.419. The Kier molecular flexibility index (Phi) is 3.23. The van der Waals surface area contributed by atoms with Gasteiger partial charge in [0.15, 0.2) is 5.13 Å². The van der Waals surface area contributed by atoms with Crippen LogP contribution in [0.25, 0.3) is 0 Å². The first kappa shape index (κ1) is 10.9. The van der Waals surface area contributed by atoms with Crippen molar-refractivity contribution in [3.05, 3.63) is 11.1 Å². The molecule has 0 radical (unpaired) electrons. The molecule has 1 aromatic rings. The zero-order valence-electron chi connectivity index (χ0n) is 9.01. The van der Waals surface area contributed by atoms with E-state index in [9.17, 15) is 5.11 Å². The van der Waals surface area contributed by atoms with Crippen LogP contribution in [0.4, 0.5) is 5.13 Å². The lowest BCUT2D eigenvalue weighted by Gasteiger charge is -2.13. The van der Waals surface area contributed by atoms with Gasteiger partial charge in [-0.1, -0.05) is 11.3 Å². The number of rotatable bonds is 3. The van der Waals surface area contributed by atoms with Crippen LogP contribution in [0.3, 0.4) is 0 Å². The minimum absolute atomic E-state index is 0.323. The zero-order chi connectivity index (χ0) is 10.8. The molecule has 2 heterocycles. The van der Waals surface area contributed by atoms with Gasteiger partial charge in [0.05, 0.1) is 17.1 Å². The fraction of sp³-hybridized carbons (Fsp3) is 0.700. The molecule has 15 heavy (non-hydrogen) atoms. The van der Waals surface area contributed by atoms with Crippen LogP contribution < -0.4 is 4.90 Å². The molecule has 0 bridgehead atoms. The van der Waals surface area contributed by atoms with E-state index in [1.165, 1.54) is 0 Å². The summed E-state index contributed by atoms with van der Waals surface area (Å²) in [6.07, 6.45) is 2.71. The summed E-state index contributed by atoms with van der Waals surface area (Å²) >= 11 is 1.56. The van der Waals surface area contributed by atoms with Crippen LogP contribution in [0.15, 0.2) is 6.20 Å². The summed E-state index contributed by atoms with van der Waals surface area (Å²) in [6.45, 7) is 3.66. The third-order valence-electron chi connectivity index (χ3n) is 2.67. The van der Waals surface area contributed by atoms with E-state index in [2.05, 4.69) is 9.88 Å². The van der Waals surface area contributed by atoms with Gasteiger partial charge in [0.2, 0.25) is 0 Å². The predicted molar refractivity (Wildman–Crippen MR) is 60.4 cm³/mol. The summed E-state index contributed by atoms with van der Waals surface area (Å²) in [4.78, 5) is 7.45. The molecule has 0 amide bonds. The molecule has 0 saturated carbocycles. The Morgan fingerprint density at radius 1 is 1.73 bits per heavy atom. The number of hydrogen-bond acceptors (Lipinski definition) is 5. The van der Waals surface area contributed by atoms with Gasteiger partial charge >= 0.3 is 0 Å². The lowest BCUT2D eigenvalue weighted by Crippen LogP contribution is -2.21. The lowest BCUT2D eigenvalue weighted by molar-refractivity contribution is 0.121. The van der Waals surface area contributed by atoms with Crippen LogP contribution in [-0.4, -0.2) is 36.4 Å². The molecule has 5 heteroatoms. The summed E-state index contributed by atoms with van der Waals surface area (Å²) < 4.78 is 5.30. The van der Waals surface area contributed by atoms with Crippen LogP contribution >= 0.6 is 11.3 Å². The zero-order valence-corrected chi connectivity index (χ0v) is 9.83. The highest BCUT2D eigenvalue weighted by Gasteiger charge is 2.24. The van der Waals surface area contributed by atoms with Gasteiger partial charge < -0.3 is 14.7 Å². The molecule has 2 rings (SSSR count). The van der Waals surface area contributed by atoms with E-state index in [1.54, 1.807) is 31.6 Å². The number of thiazole rings is 1. The van der Waals surface area contributed by atoms with Crippen LogP contribution in [0.5, 0.6) is 0 Å². The molecular weight excluding hydrogens is 212 g/mol. The van der Waals surface area contributed by atoms with Crippen molar-refractivity contribution in [1.82, 2.24) is 4.98 Å². The van der Waals surface area contributed by atoms with Crippen molar-refractivity contribution in [2.24, 2.45) is 0 Å². The number of aliphatic hydroxyl groups excluding tert-OH is 1. The average molecular weight is 228 g/mol. The van der Waals surface area contributed by atoms with Crippen molar-refractivity contribution >= 4 is 16.5 Å². The molecule has 1 aliphatic heterocycles. The van der Waals surface area contributed by atoms with E-state index in [0.717, 1.165) is 29.5 Å². The molecule has 0 aliphatic carbocycles. The molecule has 1 fully saturated rings. The Bertz CT molecular complexity index is 327. The van der Waals surface area contributed by atoms with Gasteiger partial charge in [-0.25, -0.2) is 4.98 Å². The van der Waals surface area contributed by atoms with E-state index in [-0.39, 0.29) is 0 Å². The number of nitrogens with zero attached hydrogens (tertiary/aromatic N) is 2. The normalized spacial score (nSPS) is 23.4. The van der Waals surface area contributed by atoms with E-state index in [4.69, 9.17) is 4.74 Å². The van der Waals surface area contributed by atoms with Gasteiger partial charge in [0, 0.05) is 26.4 Å². The third-order valence-corrected chi connectivity index (χ3v) is 3.90. The maximum Gasteiger partial charge on any atom is 0.185 e. The molecule has 2 atom stereocenters. The number of hydrogen-bond donors (Lipinski definition) is 1. The molecule has 1 aliphatic rings. The predicted octanol–water partition coefficient (Wildman–Crippen LogP) is 1.42. The number of anilines is 1. The summed E-state index contributed by atoms with van der Waals surface area (Å²) in [5, 5.41) is 10.4. The molecular formula is C10H16N2O2S.